The summed E-state index contributed by atoms with van der Waals surface area (Å²) in [7, 11) is 1.78. The van der Waals surface area contributed by atoms with Gasteiger partial charge in [-0.2, -0.15) is 0 Å². The zero-order valence-electron chi connectivity index (χ0n) is 12.4. The summed E-state index contributed by atoms with van der Waals surface area (Å²) in [5.74, 6) is 1.39. The van der Waals surface area contributed by atoms with E-state index in [1.165, 1.54) is 25.7 Å². The molecule has 0 bridgehead atoms. The Labute approximate surface area is 135 Å². The molecule has 20 heavy (non-hydrogen) atoms. The molecule has 1 heterocycles. The molecule has 1 aliphatic carbocycles. The van der Waals surface area contributed by atoms with Crippen molar-refractivity contribution in [2.24, 2.45) is 0 Å². The van der Waals surface area contributed by atoms with E-state index in [-0.39, 0.29) is 5.60 Å². The second-order valence-electron chi connectivity index (χ2n) is 5.56. The number of ether oxygens (including phenoxy) is 1. The number of aromatic nitrogens is 2. The molecule has 4 nitrogen and oxygen atoms in total. The summed E-state index contributed by atoms with van der Waals surface area (Å²) in [5.41, 5.74) is 6.83. The predicted molar refractivity (Wildman–Crippen MR) is 89.5 cm³/mol. The van der Waals surface area contributed by atoms with E-state index in [2.05, 4.69) is 34.5 Å². The fourth-order valence-corrected chi connectivity index (χ4v) is 3.45. The molecule has 1 fully saturated rings. The van der Waals surface area contributed by atoms with E-state index in [0.717, 1.165) is 40.8 Å². The third kappa shape index (κ3) is 3.24. The lowest BCUT2D eigenvalue weighted by Crippen LogP contribution is -2.31. The van der Waals surface area contributed by atoms with Crippen molar-refractivity contribution in [1.29, 1.82) is 0 Å². The van der Waals surface area contributed by atoms with Crippen LogP contribution >= 0.6 is 22.6 Å². The molecule has 1 saturated carbocycles. The van der Waals surface area contributed by atoms with Gasteiger partial charge in [0.25, 0.3) is 0 Å². The van der Waals surface area contributed by atoms with Crippen molar-refractivity contribution in [2.75, 3.05) is 12.8 Å². The van der Waals surface area contributed by atoms with Crippen molar-refractivity contribution in [3.8, 4) is 0 Å². The molecule has 0 radical (unpaired) electrons. The number of methoxy groups -OCH3 is 1. The van der Waals surface area contributed by atoms with Gasteiger partial charge in [-0.15, -0.1) is 0 Å². The smallest absolute Gasteiger partial charge is 0.162 e. The van der Waals surface area contributed by atoms with E-state index in [4.69, 9.17) is 15.5 Å². The maximum atomic E-state index is 6.10. The number of hydrogen-bond acceptors (Lipinski definition) is 4. The van der Waals surface area contributed by atoms with Crippen LogP contribution in [0.4, 0.5) is 5.82 Å². The SMILES string of the molecule is CCCc1nc(C2(OC)CCCCCC2)nc(N)c1I. The second-order valence-corrected chi connectivity index (χ2v) is 6.63. The molecule has 0 aliphatic heterocycles. The molecule has 0 spiro atoms. The minimum Gasteiger partial charge on any atom is -0.383 e. The van der Waals surface area contributed by atoms with Gasteiger partial charge in [-0.25, -0.2) is 9.97 Å². The van der Waals surface area contributed by atoms with E-state index in [1.54, 1.807) is 7.11 Å². The zero-order chi connectivity index (χ0) is 14.6. The third-order valence-electron chi connectivity index (χ3n) is 4.14. The Bertz CT molecular complexity index is 457. The Balaban J connectivity index is 2.43. The summed E-state index contributed by atoms with van der Waals surface area (Å²) >= 11 is 2.25. The quantitative estimate of drug-likeness (QED) is 0.629. The molecule has 0 aromatic carbocycles. The van der Waals surface area contributed by atoms with Crippen molar-refractivity contribution in [1.82, 2.24) is 9.97 Å². The number of rotatable bonds is 4. The summed E-state index contributed by atoms with van der Waals surface area (Å²) in [6.07, 6.45) is 8.88. The topological polar surface area (TPSA) is 61.0 Å². The van der Waals surface area contributed by atoms with Crippen LogP contribution < -0.4 is 5.73 Å². The second kappa shape index (κ2) is 7.02. The molecule has 2 N–H and O–H groups in total. The molecular formula is C15H24IN3O. The lowest BCUT2D eigenvalue weighted by Gasteiger charge is -2.30. The van der Waals surface area contributed by atoms with Crippen LogP contribution in [-0.4, -0.2) is 17.1 Å². The molecule has 1 aromatic rings. The Morgan fingerprint density at radius 3 is 2.40 bits per heavy atom. The van der Waals surface area contributed by atoms with Crippen molar-refractivity contribution >= 4 is 28.4 Å². The van der Waals surface area contributed by atoms with E-state index >= 15 is 0 Å². The van der Waals surface area contributed by atoms with Crippen LogP contribution in [0.1, 0.15) is 63.4 Å². The van der Waals surface area contributed by atoms with Gasteiger partial charge in [-0.05, 0) is 41.9 Å². The largest absolute Gasteiger partial charge is 0.383 e. The van der Waals surface area contributed by atoms with Crippen LogP contribution in [0.25, 0.3) is 0 Å². The van der Waals surface area contributed by atoms with E-state index in [9.17, 15) is 0 Å². The van der Waals surface area contributed by atoms with Gasteiger partial charge < -0.3 is 10.5 Å². The average Bonchev–Trinajstić information content (AvgIpc) is 2.70. The van der Waals surface area contributed by atoms with Crippen molar-refractivity contribution in [2.45, 2.75) is 63.9 Å². The Hall–Kier alpha value is -0.430. The lowest BCUT2D eigenvalue weighted by atomic mass is 9.93. The molecule has 0 saturated heterocycles. The maximum Gasteiger partial charge on any atom is 0.162 e. The first kappa shape index (κ1) is 15.9. The highest BCUT2D eigenvalue weighted by atomic mass is 127. The molecule has 1 aromatic heterocycles. The normalized spacial score (nSPS) is 18.8. The van der Waals surface area contributed by atoms with Gasteiger partial charge in [0.15, 0.2) is 5.82 Å². The van der Waals surface area contributed by atoms with Crippen molar-refractivity contribution in [3.05, 3.63) is 15.1 Å². The van der Waals surface area contributed by atoms with Crippen LogP contribution in [0.5, 0.6) is 0 Å². The van der Waals surface area contributed by atoms with Gasteiger partial charge in [0.05, 0.1) is 9.26 Å². The van der Waals surface area contributed by atoms with Crippen LogP contribution in [0.3, 0.4) is 0 Å². The number of nitrogens with zero attached hydrogens (tertiary/aromatic N) is 2. The maximum absolute atomic E-state index is 6.10. The Morgan fingerprint density at radius 1 is 1.20 bits per heavy atom. The summed E-state index contributed by atoms with van der Waals surface area (Å²) in [6.45, 7) is 2.16. The molecule has 112 valence electrons. The molecule has 5 heteroatoms. The van der Waals surface area contributed by atoms with Crippen molar-refractivity contribution < 1.29 is 4.74 Å². The fourth-order valence-electron chi connectivity index (χ4n) is 2.94. The Kier molecular flexibility index (Phi) is 5.60. The third-order valence-corrected chi connectivity index (χ3v) is 5.32. The average molecular weight is 389 g/mol. The lowest BCUT2D eigenvalue weighted by molar-refractivity contribution is -0.0352. The first-order valence-electron chi connectivity index (χ1n) is 7.50. The Morgan fingerprint density at radius 2 is 1.85 bits per heavy atom. The summed E-state index contributed by atoms with van der Waals surface area (Å²) in [6, 6.07) is 0. The predicted octanol–water partition coefficient (Wildman–Crippen LogP) is 3.81. The molecule has 0 unspecified atom stereocenters. The van der Waals surface area contributed by atoms with E-state index in [0.29, 0.717) is 5.82 Å². The number of nitrogen functional groups attached to an aromatic ring is 1. The van der Waals surface area contributed by atoms with Crippen LogP contribution in [0.15, 0.2) is 0 Å². The highest BCUT2D eigenvalue weighted by Gasteiger charge is 2.36. The zero-order valence-corrected chi connectivity index (χ0v) is 14.6. The van der Waals surface area contributed by atoms with Crippen molar-refractivity contribution in [3.63, 3.8) is 0 Å². The van der Waals surface area contributed by atoms with Crippen LogP contribution in [-0.2, 0) is 16.8 Å². The molecule has 2 rings (SSSR count). The first-order chi connectivity index (χ1) is 9.63. The van der Waals surface area contributed by atoms with E-state index in [1.807, 2.05) is 0 Å². The number of aryl methyl sites for hydroxylation is 1. The molecule has 0 atom stereocenters. The minimum absolute atomic E-state index is 0.336. The molecule has 1 aliphatic rings. The minimum atomic E-state index is -0.336. The van der Waals surface area contributed by atoms with Crippen LogP contribution in [0, 0.1) is 3.57 Å². The van der Waals surface area contributed by atoms with Gasteiger partial charge >= 0.3 is 0 Å². The van der Waals surface area contributed by atoms with E-state index < -0.39 is 0 Å². The standard InChI is InChI=1S/C15H24IN3O/c1-3-8-11-12(16)13(17)19-14(18-11)15(20-2)9-6-4-5-7-10-15/h3-10H2,1-2H3,(H2,17,18,19). The number of hydrogen-bond donors (Lipinski definition) is 1. The summed E-state index contributed by atoms with van der Waals surface area (Å²) < 4.78 is 6.88. The van der Waals surface area contributed by atoms with Crippen LogP contribution in [0.2, 0.25) is 0 Å². The highest BCUT2D eigenvalue weighted by molar-refractivity contribution is 14.1. The summed E-state index contributed by atoms with van der Waals surface area (Å²) in [4.78, 5) is 9.37. The molecule has 0 amide bonds. The number of halogens is 1. The number of nitrogens with two attached hydrogens (primary N) is 1. The van der Waals surface area contributed by atoms with Gasteiger partial charge in [0.1, 0.15) is 11.4 Å². The molecular weight excluding hydrogens is 365 g/mol. The van der Waals surface area contributed by atoms with Gasteiger partial charge in [-0.1, -0.05) is 39.0 Å². The first-order valence-corrected chi connectivity index (χ1v) is 8.58. The van der Waals surface area contributed by atoms with Gasteiger partial charge in [0, 0.05) is 7.11 Å². The van der Waals surface area contributed by atoms with Gasteiger partial charge in [-0.3, -0.25) is 0 Å². The summed E-state index contributed by atoms with van der Waals surface area (Å²) in [5, 5.41) is 0. The fraction of sp³-hybridized carbons (Fsp3) is 0.733. The highest BCUT2D eigenvalue weighted by Crippen LogP contribution is 2.38. The number of anilines is 1. The van der Waals surface area contributed by atoms with Gasteiger partial charge in [0.2, 0.25) is 0 Å². The monoisotopic (exact) mass is 389 g/mol.